The Hall–Kier alpha value is -3.26. The van der Waals surface area contributed by atoms with Crippen molar-refractivity contribution >= 4 is 23.6 Å². The molecule has 1 aromatic rings. The van der Waals surface area contributed by atoms with Gasteiger partial charge in [0.2, 0.25) is 11.8 Å². The summed E-state index contributed by atoms with van der Waals surface area (Å²) in [5, 5.41) is 73.4. The van der Waals surface area contributed by atoms with Crippen LogP contribution in [0.15, 0.2) is 30.3 Å². The zero-order chi connectivity index (χ0) is 33.5. The minimum atomic E-state index is -1.90. The van der Waals surface area contributed by atoms with Crippen LogP contribution in [-0.2, 0) is 35.1 Å². The van der Waals surface area contributed by atoms with Crippen molar-refractivity contribution in [2.45, 2.75) is 98.8 Å². The van der Waals surface area contributed by atoms with E-state index in [1.165, 1.54) is 0 Å². The molecule has 0 spiro atoms. The second-order valence-corrected chi connectivity index (χ2v) is 11.7. The Labute approximate surface area is 264 Å². The van der Waals surface area contributed by atoms with E-state index >= 15 is 0 Å². The molecule has 0 aliphatic carbocycles. The van der Waals surface area contributed by atoms with Gasteiger partial charge in [-0.25, -0.2) is 0 Å². The number of amides is 4. The SMILES string of the molecule is NCCCC[C@@H]1NC(=O)[C@H]2O[C@@H](CNC(=O)[C@@H](Cc3ccccc3)NC(=O)[C@H]3O[C@@H](CNC1=O)[C@H](O)[C@@H](O)[C@@H]3O)[C@H](O)[C@@H](O)[C@@H]2O. The number of fused-ring (bicyclic) bond motifs is 4. The monoisotopic (exact) mass is 653 g/mol. The lowest BCUT2D eigenvalue weighted by molar-refractivity contribution is -0.220. The van der Waals surface area contributed by atoms with E-state index in [2.05, 4.69) is 21.3 Å². The summed E-state index contributed by atoms with van der Waals surface area (Å²) in [5.41, 5.74) is 6.20. The van der Waals surface area contributed by atoms with Crippen molar-refractivity contribution in [3.05, 3.63) is 35.9 Å². The zero-order valence-electron chi connectivity index (χ0n) is 25.0. The minimum Gasteiger partial charge on any atom is -0.388 e. The largest absolute Gasteiger partial charge is 0.388 e. The molecular weight excluding hydrogens is 610 g/mol. The molecule has 3 fully saturated rings. The number of hydrogen-bond acceptors (Lipinski definition) is 13. The van der Waals surface area contributed by atoms with E-state index in [9.17, 15) is 49.8 Å². The quantitative estimate of drug-likeness (QED) is 0.128. The zero-order valence-corrected chi connectivity index (χ0v) is 25.0. The Bertz CT molecular complexity index is 1210. The Morgan fingerprint density at radius 2 is 1.11 bits per heavy atom. The fraction of sp³-hybridized carbons (Fsp3) is 0.655. The van der Waals surface area contributed by atoms with E-state index in [0.717, 1.165) is 0 Å². The van der Waals surface area contributed by atoms with Crippen molar-refractivity contribution in [2.24, 2.45) is 5.73 Å². The molecule has 0 saturated carbocycles. The van der Waals surface area contributed by atoms with Crippen LogP contribution in [-0.4, -0.2) is 147 Å². The summed E-state index contributed by atoms with van der Waals surface area (Å²) >= 11 is 0. The Balaban J connectivity index is 1.65. The van der Waals surface area contributed by atoms with Gasteiger partial charge < -0.3 is 67.1 Å². The fourth-order valence-electron chi connectivity index (χ4n) is 5.65. The summed E-state index contributed by atoms with van der Waals surface area (Å²) in [6.07, 6.45) is -16.3. The molecule has 46 heavy (non-hydrogen) atoms. The average molecular weight is 654 g/mol. The fourth-order valence-corrected chi connectivity index (χ4v) is 5.65. The van der Waals surface area contributed by atoms with Gasteiger partial charge in [-0.2, -0.15) is 0 Å². The predicted molar refractivity (Wildman–Crippen MR) is 156 cm³/mol. The minimum absolute atomic E-state index is 0.0438. The number of aliphatic hydroxyl groups excluding tert-OH is 6. The Kier molecular flexibility index (Phi) is 12.4. The highest BCUT2D eigenvalue weighted by Crippen LogP contribution is 2.24. The van der Waals surface area contributed by atoms with E-state index in [1.807, 2.05) is 0 Å². The van der Waals surface area contributed by atoms with E-state index in [-0.39, 0.29) is 12.8 Å². The first kappa shape index (κ1) is 35.6. The van der Waals surface area contributed by atoms with Gasteiger partial charge in [0.1, 0.15) is 60.9 Å². The highest BCUT2D eigenvalue weighted by atomic mass is 16.5. The number of nitrogens with two attached hydrogens (primary N) is 1. The maximum absolute atomic E-state index is 13.4. The van der Waals surface area contributed by atoms with Crippen LogP contribution in [0.2, 0.25) is 0 Å². The number of rotatable bonds is 6. The van der Waals surface area contributed by atoms with Crippen molar-refractivity contribution in [1.82, 2.24) is 21.3 Å². The van der Waals surface area contributed by atoms with Crippen LogP contribution in [0.5, 0.6) is 0 Å². The number of aliphatic hydroxyl groups is 6. The standard InChI is InChI=1S/C29H43N5O12/c30-9-5-4-8-14-26(41)31-11-16-18(35)21(38)23(40)25(46-16)29(44)34-15(10-13-6-2-1-3-7-13)27(42)32-12-17-19(36)20(37)22(39)24(45-17)28(43)33-14/h1-3,6-7,14-25,35-40H,4-5,8-12,30H2,(H,31,41)(H,32,42)(H,33,43)(H,34,44)/t14-,15+,16-,17-,18-,19-,20+,21+,22-,23-,24-,25-/m0/s1. The van der Waals surface area contributed by atoms with Crippen LogP contribution in [0.3, 0.4) is 0 Å². The Morgan fingerprint density at radius 1 is 0.630 bits per heavy atom. The normalized spacial score (nSPS) is 38.0. The Morgan fingerprint density at radius 3 is 1.61 bits per heavy atom. The van der Waals surface area contributed by atoms with E-state index in [1.54, 1.807) is 30.3 Å². The molecule has 4 bridgehead atoms. The summed E-state index contributed by atoms with van der Waals surface area (Å²) in [7, 11) is 0. The third-order valence-corrected chi connectivity index (χ3v) is 8.39. The number of carbonyl (C=O) groups excluding carboxylic acids is 4. The van der Waals surface area contributed by atoms with Gasteiger partial charge in [0.15, 0.2) is 12.2 Å². The van der Waals surface area contributed by atoms with Gasteiger partial charge in [-0.05, 0) is 31.4 Å². The number of nitrogens with one attached hydrogen (secondary N) is 4. The summed E-state index contributed by atoms with van der Waals surface area (Å²) in [5.74, 6) is -3.50. The highest BCUT2D eigenvalue weighted by molar-refractivity contribution is 5.91. The molecule has 4 amide bonds. The molecule has 4 rings (SSSR count). The van der Waals surface area contributed by atoms with Crippen LogP contribution in [0.1, 0.15) is 24.8 Å². The molecule has 17 heteroatoms. The number of unbranched alkanes of at least 4 members (excludes halogenated alkanes) is 1. The molecule has 3 aliphatic heterocycles. The van der Waals surface area contributed by atoms with Gasteiger partial charge in [-0.3, -0.25) is 19.2 Å². The molecule has 12 atom stereocenters. The molecule has 3 heterocycles. The second-order valence-electron chi connectivity index (χ2n) is 11.7. The first-order valence-corrected chi connectivity index (χ1v) is 15.2. The summed E-state index contributed by atoms with van der Waals surface area (Å²) in [6, 6.07) is 6.07. The van der Waals surface area contributed by atoms with E-state index in [4.69, 9.17) is 15.2 Å². The smallest absolute Gasteiger partial charge is 0.252 e. The van der Waals surface area contributed by atoms with Crippen LogP contribution >= 0.6 is 0 Å². The van der Waals surface area contributed by atoms with Gasteiger partial charge in [0, 0.05) is 19.5 Å². The van der Waals surface area contributed by atoms with Crippen molar-refractivity contribution in [3.63, 3.8) is 0 Å². The molecule has 3 saturated heterocycles. The third kappa shape index (κ3) is 8.36. The van der Waals surface area contributed by atoms with E-state index in [0.29, 0.717) is 24.9 Å². The first-order chi connectivity index (χ1) is 21.9. The topological polar surface area (TPSA) is 282 Å². The van der Waals surface area contributed by atoms with Gasteiger partial charge >= 0.3 is 0 Å². The molecule has 256 valence electrons. The van der Waals surface area contributed by atoms with Gasteiger partial charge in [-0.1, -0.05) is 30.3 Å². The summed E-state index contributed by atoms with van der Waals surface area (Å²) < 4.78 is 11.3. The van der Waals surface area contributed by atoms with Crippen molar-refractivity contribution < 1.29 is 59.3 Å². The lowest BCUT2D eigenvalue weighted by Gasteiger charge is -2.41. The number of hydrogen-bond donors (Lipinski definition) is 11. The average Bonchev–Trinajstić information content (AvgIpc) is 3.04. The lowest BCUT2D eigenvalue weighted by atomic mass is 9.93. The molecule has 12 N–H and O–H groups in total. The van der Waals surface area contributed by atoms with Gasteiger partial charge in [0.25, 0.3) is 11.8 Å². The molecule has 0 radical (unpaired) electrons. The van der Waals surface area contributed by atoms with Gasteiger partial charge in [0.05, 0.1) is 0 Å². The molecule has 0 unspecified atom stereocenters. The van der Waals surface area contributed by atoms with Gasteiger partial charge in [-0.15, -0.1) is 0 Å². The maximum atomic E-state index is 13.4. The number of ether oxygens (including phenoxy) is 2. The van der Waals surface area contributed by atoms with Crippen molar-refractivity contribution in [1.29, 1.82) is 0 Å². The van der Waals surface area contributed by atoms with Crippen LogP contribution in [0, 0.1) is 0 Å². The summed E-state index contributed by atoms with van der Waals surface area (Å²) in [6.45, 7) is -0.618. The van der Waals surface area contributed by atoms with E-state index < -0.39 is 110 Å². The van der Waals surface area contributed by atoms with Crippen LogP contribution < -0.4 is 27.0 Å². The van der Waals surface area contributed by atoms with Crippen LogP contribution in [0.25, 0.3) is 0 Å². The third-order valence-electron chi connectivity index (χ3n) is 8.39. The molecule has 1 aromatic carbocycles. The first-order valence-electron chi connectivity index (χ1n) is 15.2. The summed E-state index contributed by atoms with van der Waals surface area (Å²) in [4.78, 5) is 53.3. The lowest BCUT2D eigenvalue weighted by Crippen LogP contribution is -2.66. The van der Waals surface area contributed by atoms with Crippen molar-refractivity contribution in [3.8, 4) is 0 Å². The maximum Gasteiger partial charge on any atom is 0.252 e. The molecule has 17 nitrogen and oxygen atoms in total. The van der Waals surface area contributed by atoms with Crippen molar-refractivity contribution in [2.75, 3.05) is 19.6 Å². The molecule has 3 aliphatic rings. The predicted octanol–water partition coefficient (Wildman–Crippen LogP) is -5.73. The number of carbonyl (C=O) groups is 4. The second kappa shape index (κ2) is 16.0. The van der Waals surface area contributed by atoms with Crippen LogP contribution in [0.4, 0.5) is 0 Å². The molecule has 0 aromatic heterocycles. The molecular formula is C29H43N5O12. The highest BCUT2D eigenvalue weighted by Gasteiger charge is 2.49. The number of benzene rings is 1.